The molecule has 0 N–H and O–H groups in total. The van der Waals surface area contributed by atoms with Gasteiger partial charge in [-0.3, -0.25) is 10.1 Å². The third-order valence-electron chi connectivity index (χ3n) is 2.15. The first kappa shape index (κ1) is 10.6. The Morgan fingerprint density at radius 3 is 2.50 bits per heavy atom. The van der Waals surface area contributed by atoms with Gasteiger partial charge in [0.25, 0.3) is 5.69 Å². The second kappa shape index (κ2) is 4.33. The minimum atomic E-state index is -0.423. The van der Waals surface area contributed by atoms with Crippen molar-refractivity contribution < 1.29 is 4.92 Å². The number of hydrogen-bond acceptors (Lipinski definition) is 2. The molecular formula is C12H7ClNO2. The van der Waals surface area contributed by atoms with E-state index in [9.17, 15) is 10.1 Å². The highest BCUT2D eigenvalue weighted by Crippen LogP contribution is 2.24. The summed E-state index contributed by atoms with van der Waals surface area (Å²) >= 11 is 5.76. The SMILES string of the molecule is O=[N+]([O-])c1cc[c]c(-c2ccc(Cl)cc2)c1. The van der Waals surface area contributed by atoms with Gasteiger partial charge in [0.2, 0.25) is 0 Å². The number of benzene rings is 2. The summed E-state index contributed by atoms with van der Waals surface area (Å²) in [4.78, 5) is 10.2. The summed E-state index contributed by atoms with van der Waals surface area (Å²) in [5, 5.41) is 11.2. The molecule has 16 heavy (non-hydrogen) atoms. The molecule has 0 heterocycles. The van der Waals surface area contributed by atoms with Crippen LogP contribution in [0.3, 0.4) is 0 Å². The van der Waals surface area contributed by atoms with Crippen LogP contribution in [0.5, 0.6) is 0 Å². The summed E-state index contributed by atoms with van der Waals surface area (Å²) in [5.74, 6) is 0. The van der Waals surface area contributed by atoms with Gasteiger partial charge in [-0.2, -0.15) is 0 Å². The van der Waals surface area contributed by atoms with Crippen LogP contribution in [-0.2, 0) is 0 Å². The van der Waals surface area contributed by atoms with Crippen LogP contribution in [0.15, 0.2) is 42.5 Å². The predicted octanol–water partition coefficient (Wildman–Crippen LogP) is 3.72. The van der Waals surface area contributed by atoms with Gasteiger partial charge in [0.1, 0.15) is 0 Å². The fraction of sp³-hybridized carbons (Fsp3) is 0. The summed E-state index contributed by atoms with van der Waals surface area (Å²) in [6.45, 7) is 0. The zero-order valence-corrected chi connectivity index (χ0v) is 8.94. The maximum Gasteiger partial charge on any atom is 0.270 e. The normalized spacial score (nSPS) is 10.1. The molecule has 0 amide bonds. The molecule has 0 aliphatic carbocycles. The fourth-order valence-corrected chi connectivity index (χ4v) is 1.49. The maximum atomic E-state index is 10.6. The van der Waals surface area contributed by atoms with E-state index in [-0.39, 0.29) is 5.69 Å². The van der Waals surface area contributed by atoms with Crippen molar-refractivity contribution in [3.8, 4) is 11.1 Å². The van der Waals surface area contributed by atoms with E-state index in [0.29, 0.717) is 10.6 Å². The molecule has 3 nitrogen and oxygen atoms in total. The van der Waals surface area contributed by atoms with Crippen molar-refractivity contribution in [2.75, 3.05) is 0 Å². The highest BCUT2D eigenvalue weighted by Gasteiger charge is 2.06. The molecule has 0 fully saturated rings. The molecular weight excluding hydrogens is 226 g/mol. The molecule has 0 saturated heterocycles. The molecule has 0 bridgehead atoms. The molecule has 0 aliphatic heterocycles. The lowest BCUT2D eigenvalue weighted by Gasteiger charge is -2.00. The Bertz CT molecular complexity index is 523. The van der Waals surface area contributed by atoms with Gasteiger partial charge in [-0.25, -0.2) is 0 Å². The van der Waals surface area contributed by atoms with Crippen LogP contribution in [0, 0.1) is 16.2 Å². The van der Waals surface area contributed by atoms with E-state index < -0.39 is 4.92 Å². The second-order valence-corrected chi connectivity index (χ2v) is 3.66. The van der Waals surface area contributed by atoms with E-state index >= 15 is 0 Å². The van der Waals surface area contributed by atoms with Crippen LogP contribution in [0.2, 0.25) is 5.02 Å². The zero-order chi connectivity index (χ0) is 11.5. The van der Waals surface area contributed by atoms with E-state index in [0.717, 1.165) is 5.56 Å². The molecule has 0 atom stereocenters. The number of hydrogen-bond donors (Lipinski definition) is 0. The van der Waals surface area contributed by atoms with E-state index in [1.807, 2.05) is 0 Å². The number of halogens is 1. The number of non-ortho nitro benzene ring substituents is 1. The predicted molar refractivity (Wildman–Crippen MR) is 62.4 cm³/mol. The number of nitro groups is 1. The Morgan fingerprint density at radius 2 is 1.88 bits per heavy atom. The Kier molecular flexibility index (Phi) is 2.88. The highest BCUT2D eigenvalue weighted by atomic mass is 35.5. The first-order valence-electron chi connectivity index (χ1n) is 4.59. The minimum absolute atomic E-state index is 0.0590. The monoisotopic (exact) mass is 232 g/mol. The van der Waals surface area contributed by atoms with Crippen molar-refractivity contribution in [1.82, 2.24) is 0 Å². The van der Waals surface area contributed by atoms with Crippen LogP contribution < -0.4 is 0 Å². The van der Waals surface area contributed by atoms with Crippen molar-refractivity contribution in [2.24, 2.45) is 0 Å². The van der Waals surface area contributed by atoms with Crippen molar-refractivity contribution in [1.29, 1.82) is 0 Å². The van der Waals surface area contributed by atoms with Crippen LogP contribution in [-0.4, -0.2) is 4.92 Å². The largest absolute Gasteiger partial charge is 0.270 e. The summed E-state index contributed by atoms with van der Waals surface area (Å²) in [7, 11) is 0. The lowest BCUT2D eigenvalue weighted by molar-refractivity contribution is -0.384. The van der Waals surface area contributed by atoms with Crippen molar-refractivity contribution in [3.05, 3.63) is 63.7 Å². The molecule has 4 heteroatoms. The Balaban J connectivity index is 2.44. The van der Waals surface area contributed by atoms with Gasteiger partial charge in [0.15, 0.2) is 0 Å². The molecule has 2 aromatic carbocycles. The molecule has 0 unspecified atom stereocenters. The van der Waals surface area contributed by atoms with Crippen molar-refractivity contribution in [2.45, 2.75) is 0 Å². The second-order valence-electron chi connectivity index (χ2n) is 3.22. The lowest BCUT2D eigenvalue weighted by Crippen LogP contribution is -1.88. The molecule has 0 saturated carbocycles. The van der Waals surface area contributed by atoms with Gasteiger partial charge in [-0.15, -0.1) is 0 Å². The zero-order valence-electron chi connectivity index (χ0n) is 8.18. The van der Waals surface area contributed by atoms with Crippen LogP contribution >= 0.6 is 11.6 Å². The standard InChI is InChI=1S/C12H7ClNO2/c13-11-6-4-9(5-7-11)10-2-1-3-12(8-10)14(15)16/h1,3-8H. The average molecular weight is 233 g/mol. The summed E-state index contributed by atoms with van der Waals surface area (Å²) in [6, 6.07) is 14.5. The van der Waals surface area contributed by atoms with Gasteiger partial charge in [-0.05, 0) is 35.4 Å². The summed E-state index contributed by atoms with van der Waals surface area (Å²) in [5.41, 5.74) is 1.60. The molecule has 2 rings (SSSR count). The Morgan fingerprint density at radius 1 is 1.19 bits per heavy atom. The lowest BCUT2D eigenvalue weighted by atomic mass is 10.1. The smallest absolute Gasteiger partial charge is 0.258 e. The van der Waals surface area contributed by atoms with Crippen LogP contribution in [0.4, 0.5) is 5.69 Å². The van der Waals surface area contributed by atoms with Gasteiger partial charge in [0, 0.05) is 17.2 Å². The van der Waals surface area contributed by atoms with Crippen molar-refractivity contribution in [3.63, 3.8) is 0 Å². The number of nitrogens with zero attached hydrogens (tertiary/aromatic N) is 1. The average Bonchev–Trinajstić information content (AvgIpc) is 2.30. The molecule has 1 radical (unpaired) electrons. The van der Waals surface area contributed by atoms with Crippen molar-refractivity contribution >= 4 is 17.3 Å². The molecule has 79 valence electrons. The van der Waals surface area contributed by atoms with Gasteiger partial charge in [0.05, 0.1) is 4.92 Å². The van der Waals surface area contributed by atoms with Crippen LogP contribution in [0.1, 0.15) is 0 Å². The number of nitro benzene ring substituents is 1. The first-order chi connectivity index (χ1) is 7.66. The molecule has 2 aromatic rings. The number of rotatable bonds is 2. The van der Waals surface area contributed by atoms with Gasteiger partial charge < -0.3 is 0 Å². The summed E-state index contributed by atoms with van der Waals surface area (Å²) < 4.78 is 0. The first-order valence-corrected chi connectivity index (χ1v) is 4.97. The minimum Gasteiger partial charge on any atom is -0.258 e. The fourth-order valence-electron chi connectivity index (χ4n) is 1.36. The topological polar surface area (TPSA) is 43.1 Å². The molecule has 0 spiro atoms. The van der Waals surface area contributed by atoms with E-state index in [4.69, 9.17) is 11.6 Å². The summed E-state index contributed by atoms with van der Waals surface area (Å²) in [6.07, 6.45) is 0. The van der Waals surface area contributed by atoms with Gasteiger partial charge in [-0.1, -0.05) is 23.7 Å². The Hall–Kier alpha value is -1.87. The van der Waals surface area contributed by atoms with E-state index in [1.165, 1.54) is 12.1 Å². The van der Waals surface area contributed by atoms with Crippen LogP contribution in [0.25, 0.3) is 11.1 Å². The third-order valence-corrected chi connectivity index (χ3v) is 2.40. The maximum absolute atomic E-state index is 10.6. The van der Waals surface area contributed by atoms with E-state index in [2.05, 4.69) is 6.07 Å². The van der Waals surface area contributed by atoms with E-state index in [1.54, 1.807) is 30.3 Å². The molecule has 0 aliphatic rings. The Labute approximate surface area is 97.4 Å². The van der Waals surface area contributed by atoms with Gasteiger partial charge >= 0.3 is 0 Å². The quantitative estimate of drug-likeness (QED) is 0.585. The third kappa shape index (κ3) is 2.20. The highest BCUT2D eigenvalue weighted by molar-refractivity contribution is 6.30. The molecule has 0 aromatic heterocycles.